The van der Waals surface area contributed by atoms with E-state index in [1.165, 1.54) is 17.3 Å². The fourth-order valence-corrected chi connectivity index (χ4v) is 1.16. The minimum absolute atomic E-state index is 0. The molecule has 0 saturated carbocycles. The molecule has 0 fully saturated rings. The number of hydrogen-bond acceptors (Lipinski definition) is 2. The summed E-state index contributed by atoms with van der Waals surface area (Å²) in [5, 5.41) is 8.16. The lowest BCUT2D eigenvalue weighted by Crippen LogP contribution is -1.94. The van der Waals surface area contributed by atoms with E-state index in [4.69, 9.17) is 5.41 Å². The van der Waals surface area contributed by atoms with Crippen molar-refractivity contribution in [2.45, 2.75) is 6.42 Å². The van der Waals surface area contributed by atoms with E-state index in [2.05, 4.69) is 0 Å². The monoisotopic (exact) mass is 293 g/mol. The van der Waals surface area contributed by atoms with Gasteiger partial charge in [0.2, 0.25) is 0 Å². The fraction of sp³-hybridized carbons (Fsp3) is 0.222. The topological polar surface area (TPSA) is 23.9 Å². The highest BCUT2D eigenvalue weighted by molar-refractivity contribution is 14.0. The Bertz CT molecular complexity index is 236. The summed E-state index contributed by atoms with van der Waals surface area (Å²) in [5.74, 6) is 0. The molecule has 1 rings (SSSR count). The van der Waals surface area contributed by atoms with Gasteiger partial charge in [-0.2, -0.15) is 0 Å². The molecule has 3 heteroatoms. The van der Waals surface area contributed by atoms with Crippen molar-refractivity contribution in [1.82, 2.24) is 0 Å². The number of hydrogen-bond donors (Lipinski definition) is 1. The molecule has 0 unspecified atom stereocenters. The Morgan fingerprint density at radius 1 is 1.33 bits per heavy atom. The van der Waals surface area contributed by atoms with E-state index in [-0.39, 0.29) is 24.0 Å². The van der Waals surface area contributed by atoms with Crippen LogP contribution in [0.25, 0.3) is 0 Å². The number of nitrogens with one attached hydrogen (secondary N) is 1. The molecule has 0 saturated heterocycles. The summed E-state index contributed by atoms with van der Waals surface area (Å²) in [6, 6.07) is 10.1. The van der Waals surface area contributed by atoms with Crippen molar-refractivity contribution in [3.05, 3.63) is 35.9 Å². The Balaban J connectivity index is 0.00000121. The molecule has 0 aliphatic heterocycles. The van der Waals surface area contributed by atoms with Crippen molar-refractivity contribution < 1.29 is 0 Å². The van der Waals surface area contributed by atoms with Gasteiger partial charge in [0.25, 0.3) is 0 Å². The molecule has 0 atom stereocenters. The van der Waals surface area contributed by atoms with Crippen LogP contribution in [0.15, 0.2) is 30.3 Å². The van der Waals surface area contributed by atoms with Crippen molar-refractivity contribution in [1.29, 1.82) is 5.41 Å². The molecule has 0 bridgehead atoms. The van der Waals surface area contributed by atoms with Crippen molar-refractivity contribution in [2.24, 2.45) is 0 Å². The maximum Gasteiger partial charge on any atom is 0.0682 e. The fourth-order valence-electron chi connectivity index (χ4n) is 0.853. The highest BCUT2D eigenvalue weighted by atomic mass is 127. The zero-order chi connectivity index (χ0) is 8.10. The van der Waals surface area contributed by atoms with Crippen LogP contribution in [0, 0.1) is 5.41 Å². The molecule has 66 valence electrons. The molecule has 1 nitrogen and oxygen atoms in total. The molecule has 12 heavy (non-hydrogen) atoms. The van der Waals surface area contributed by atoms with Gasteiger partial charge in [-0.1, -0.05) is 30.3 Å². The molecule has 0 spiro atoms. The maximum atomic E-state index is 7.44. The van der Waals surface area contributed by atoms with Crippen LogP contribution < -0.4 is 0 Å². The van der Waals surface area contributed by atoms with Crippen LogP contribution >= 0.6 is 35.7 Å². The molecular formula is C9H12INS. The van der Waals surface area contributed by atoms with Crippen molar-refractivity contribution in [2.75, 3.05) is 6.26 Å². The van der Waals surface area contributed by atoms with Crippen LogP contribution in [-0.2, 0) is 6.42 Å². The molecular weight excluding hydrogens is 281 g/mol. The molecule has 1 aromatic rings. The Labute approximate surface area is 94.5 Å². The van der Waals surface area contributed by atoms with Gasteiger partial charge < -0.3 is 0 Å². The Kier molecular flexibility index (Phi) is 6.47. The Morgan fingerprint density at radius 2 is 1.92 bits per heavy atom. The smallest absolute Gasteiger partial charge is 0.0682 e. The van der Waals surface area contributed by atoms with Crippen molar-refractivity contribution >= 4 is 40.8 Å². The normalized spacial score (nSPS) is 8.75. The summed E-state index contributed by atoms with van der Waals surface area (Å²) in [6.07, 6.45) is 2.70. The molecule has 1 aromatic carbocycles. The van der Waals surface area contributed by atoms with Gasteiger partial charge in [-0.15, -0.1) is 35.7 Å². The number of halogens is 1. The largest absolute Gasteiger partial charge is 0.298 e. The van der Waals surface area contributed by atoms with E-state index in [9.17, 15) is 0 Å². The number of rotatable bonds is 2. The molecule has 1 N–H and O–H groups in total. The predicted molar refractivity (Wildman–Crippen MR) is 66.8 cm³/mol. The van der Waals surface area contributed by atoms with Crippen LogP contribution in [0.1, 0.15) is 5.56 Å². The first-order valence-electron chi connectivity index (χ1n) is 3.48. The number of benzene rings is 1. The first kappa shape index (κ1) is 12.0. The zero-order valence-electron chi connectivity index (χ0n) is 6.91. The SMILES string of the molecule is CSC(=N)Cc1ccccc1.I. The van der Waals surface area contributed by atoms with Gasteiger partial charge in [-0.05, 0) is 11.8 Å². The average Bonchev–Trinajstić information content (AvgIpc) is 2.06. The van der Waals surface area contributed by atoms with Gasteiger partial charge in [0.1, 0.15) is 0 Å². The van der Waals surface area contributed by atoms with E-state index < -0.39 is 0 Å². The van der Waals surface area contributed by atoms with Gasteiger partial charge in [0.15, 0.2) is 0 Å². The van der Waals surface area contributed by atoms with E-state index in [0.29, 0.717) is 0 Å². The van der Waals surface area contributed by atoms with E-state index in [1.54, 1.807) is 0 Å². The van der Waals surface area contributed by atoms with E-state index >= 15 is 0 Å². The highest BCUT2D eigenvalue weighted by Crippen LogP contribution is 2.05. The standard InChI is InChI=1S/C9H11NS.HI/c1-11-9(10)7-8-5-3-2-4-6-8;/h2-6,10H,7H2,1H3;1H. The van der Waals surface area contributed by atoms with Gasteiger partial charge in [-0.3, -0.25) is 5.41 Å². The second-order valence-electron chi connectivity index (χ2n) is 2.29. The van der Waals surface area contributed by atoms with Crippen LogP contribution in [0.5, 0.6) is 0 Å². The average molecular weight is 293 g/mol. The van der Waals surface area contributed by atoms with Crippen LogP contribution in [0.2, 0.25) is 0 Å². The van der Waals surface area contributed by atoms with Crippen LogP contribution in [-0.4, -0.2) is 11.3 Å². The van der Waals surface area contributed by atoms with Crippen molar-refractivity contribution in [3.8, 4) is 0 Å². The second-order valence-corrected chi connectivity index (χ2v) is 3.19. The highest BCUT2D eigenvalue weighted by Gasteiger charge is 1.94. The zero-order valence-corrected chi connectivity index (χ0v) is 10.1. The van der Waals surface area contributed by atoms with Crippen LogP contribution in [0.4, 0.5) is 0 Å². The maximum absolute atomic E-state index is 7.44. The molecule has 0 aromatic heterocycles. The lowest BCUT2D eigenvalue weighted by atomic mass is 10.2. The second kappa shape index (κ2) is 6.48. The Hall–Kier alpha value is -0.0300. The van der Waals surface area contributed by atoms with E-state index in [1.807, 2.05) is 36.6 Å². The Morgan fingerprint density at radius 3 is 2.42 bits per heavy atom. The third kappa shape index (κ3) is 4.11. The van der Waals surface area contributed by atoms with Crippen molar-refractivity contribution in [3.63, 3.8) is 0 Å². The molecule has 0 heterocycles. The summed E-state index contributed by atoms with van der Waals surface area (Å²) in [7, 11) is 0. The van der Waals surface area contributed by atoms with Gasteiger partial charge in [0.05, 0.1) is 5.04 Å². The molecule has 0 aliphatic rings. The first-order chi connectivity index (χ1) is 5.33. The third-order valence-electron chi connectivity index (χ3n) is 1.45. The predicted octanol–water partition coefficient (Wildman–Crippen LogP) is 3.19. The molecule has 0 radical (unpaired) electrons. The first-order valence-corrected chi connectivity index (χ1v) is 4.70. The van der Waals surface area contributed by atoms with Crippen LogP contribution in [0.3, 0.4) is 0 Å². The summed E-state index contributed by atoms with van der Waals surface area (Å²) < 4.78 is 0. The molecule has 0 amide bonds. The minimum atomic E-state index is 0. The van der Waals surface area contributed by atoms with E-state index in [0.717, 1.165) is 11.5 Å². The number of thioether (sulfide) groups is 1. The summed E-state index contributed by atoms with van der Waals surface area (Å²) in [6.45, 7) is 0. The minimum Gasteiger partial charge on any atom is -0.298 e. The van der Waals surface area contributed by atoms with Gasteiger partial charge >= 0.3 is 0 Å². The summed E-state index contributed by atoms with van der Waals surface area (Å²) >= 11 is 1.50. The van der Waals surface area contributed by atoms with Gasteiger partial charge in [0, 0.05) is 6.42 Å². The lowest BCUT2D eigenvalue weighted by Gasteiger charge is -1.98. The lowest BCUT2D eigenvalue weighted by molar-refractivity contribution is 1.32. The third-order valence-corrected chi connectivity index (χ3v) is 2.09. The van der Waals surface area contributed by atoms with Gasteiger partial charge in [-0.25, -0.2) is 0 Å². The summed E-state index contributed by atoms with van der Waals surface area (Å²) in [5.41, 5.74) is 1.21. The quantitative estimate of drug-likeness (QED) is 0.505. The molecule has 0 aliphatic carbocycles. The summed E-state index contributed by atoms with van der Waals surface area (Å²) in [4.78, 5) is 0.